The fourth-order valence-electron chi connectivity index (χ4n) is 5.44. The van der Waals surface area contributed by atoms with Crippen molar-refractivity contribution in [1.29, 1.82) is 0 Å². The van der Waals surface area contributed by atoms with Gasteiger partial charge in [0.2, 0.25) is 0 Å². The average molecular weight is 500 g/mol. The summed E-state index contributed by atoms with van der Waals surface area (Å²) >= 11 is 0. The zero-order valence-electron chi connectivity index (χ0n) is 21.3. The minimum Gasteiger partial charge on any atom is -0.276 e. The lowest BCUT2D eigenvalue weighted by atomic mass is 9.96. The van der Waals surface area contributed by atoms with Gasteiger partial charge in [-0.05, 0) is 75.2 Å². The molecule has 2 heteroatoms. The third kappa shape index (κ3) is 4.13. The normalized spacial score (nSPS) is 11.2. The molecule has 0 amide bonds. The maximum atomic E-state index is 14.1. The van der Waals surface area contributed by atoms with Gasteiger partial charge in [-0.1, -0.05) is 115 Å². The van der Waals surface area contributed by atoms with Crippen LogP contribution in [-0.2, 0) is 0 Å². The molecule has 0 aliphatic heterocycles. The zero-order chi connectivity index (χ0) is 26.2. The summed E-state index contributed by atoms with van der Waals surface area (Å²) in [5.74, 6) is 0. The number of hydrogen-bond donors (Lipinski definition) is 0. The molecule has 7 rings (SSSR count). The van der Waals surface area contributed by atoms with Crippen LogP contribution in [0.1, 0.15) is 0 Å². The van der Waals surface area contributed by atoms with Gasteiger partial charge in [-0.3, -0.25) is 9.36 Å². The summed E-state index contributed by atoms with van der Waals surface area (Å²) in [5, 5.41) is 2.72. The molecule has 7 aromatic rings. The Labute approximate surface area is 227 Å². The van der Waals surface area contributed by atoms with E-state index in [1.54, 1.807) is 0 Å². The molecule has 0 aliphatic carbocycles. The van der Waals surface area contributed by atoms with E-state index in [9.17, 15) is 4.79 Å². The van der Waals surface area contributed by atoms with Crippen molar-refractivity contribution in [2.24, 2.45) is 0 Å². The first kappa shape index (κ1) is 22.9. The minimum atomic E-state index is -0.0166. The first-order valence-corrected chi connectivity index (χ1v) is 13.2. The molecule has 0 aliphatic rings. The van der Waals surface area contributed by atoms with Gasteiger partial charge in [0.1, 0.15) is 0 Å². The van der Waals surface area contributed by atoms with Crippen molar-refractivity contribution in [2.45, 2.75) is 0 Å². The van der Waals surface area contributed by atoms with Crippen LogP contribution in [0.25, 0.3) is 60.7 Å². The Morgan fingerprint density at radius 1 is 0.359 bits per heavy atom. The summed E-state index contributed by atoms with van der Waals surface area (Å²) in [6.45, 7) is 0. The predicted molar refractivity (Wildman–Crippen MR) is 163 cm³/mol. The first-order chi connectivity index (χ1) is 19.3. The standard InChI is InChI=1S/C37H25NO/c39-37-33-22-18-30(27-12-6-2-7-13-27)24-34(33)35-25-31(28-14-8-3-9-15-28)19-23-36(35)38(37)32-20-16-29(17-21-32)26-10-4-1-5-11-26/h1-25H. The number of fused-ring (bicyclic) bond motifs is 3. The number of rotatable bonds is 4. The van der Waals surface area contributed by atoms with Crippen molar-refractivity contribution in [1.82, 2.24) is 4.57 Å². The second-order valence-corrected chi connectivity index (χ2v) is 9.78. The monoisotopic (exact) mass is 499 g/mol. The summed E-state index contributed by atoms with van der Waals surface area (Å²) in [6.07, 6.45) is 0. The van der Waals surface area contributed by atoms with E-state index < -0.39 is 0 Å². The smallest absolute Gasteiger partial charge is 0.263 e. The summed E-state index contributed by atoms with van der Waals surface area (Å²) < 4.78 is 1.85. The molecule has 1 heterocycles. The Hall–Kier alpha value is -5.21. The highest BCUT2D eigenvalue weighted by Gasteiger charge is 2.15. The van der Waals surface area contributed by atoms with Crippen molar-refractivity contribution in [3.63, 3.8) is 0 Å². The Kier molecular flexibility index (Phi) is 5.64. The molecule has 0 radical (unpaired) electrons. The van der Waals surface area contributed by atoms with Crippen molar-refractivity contribution in [3.05, 3.63) is 162 Å². The third-order valence-corrected chi connectivity index (χ3v) is 7.43. The lowest BCUT2D eigenvalue weighted by Crippen LogP contribution is -2.19. The minimum absolute atomic E-state index is 0.0166. The molecule has 0 spiro atoms. The highest BCUT2D eigenvalue weighted by Crippen LogP contribution is 2.33. The SMILES string of the molecule is O=c1c2ccc(-c3ccccc3)cc2c2cc(-c3ccccc3)ccc2n1-c1ccc(-c2ccccc2)cc1. The molecule has 2 nitrogen and oxygen atoms in total. The lowest BCUT2D eigenvalue weighted by Gasteiger charge is -2.16. The predicted octanol–water partition coefficient (Wildman–Crippen LogP) is 9.14. The molecular formula is C37H25NO. The highest BCUT2D eigenvalue weighted by atomic mass is 16.1. The number of pyridine rings is 1. The quantitative estimate of drug-likeness (QED) is 0.221. The highest BCUT2D eigenvalue weighted by molar-refractivity contribution is 6.08. The first-order valence-electron chi connectivity index (χ1n) is 13.2. The van der Waals surface area contributed by atoms with E-state index in [1.165, 1.54) is 0 Å². The topological polar surface area (TPSA) is 22.0 Å². The lowest BCUT2D eigenvalue weighted by molar-refractivity contribution is 1.06. The van der Waals surface area contributed by atoms with Crippen molar-refractivity contribution in [2.75, 3.05) is 0 Å². The van der Waals surface area contributed by atoms with E-state index in [-0.39, 0.29) is 5.56 Å². The van der Waals surface area contributed by atoms with Crippen LogP contribution >= 0.6 is 0 Å². The molecular weight excluding hydrogens is 474 g/mol. The van der Waals surface area contributed by atoms with Gasteiger partial charge >= 0.3 is 0 Å². The molecule has 184 valence electrons. The maximum absolute atomic E-state index is 14.1. The molecule has 6 aromatic carbocycles. The van der Waals surface area contributed by atoms with Crippen LogP contribution in [0.15, 0.2) is 156 Å². The van der Waals surface area contributed by atoms with Crippen LogP contribution < -0.4 is 5.56 Å². The molecule has 0 bridgehead atoms. The number of aromatic nitrogens is 1. The van der Waals surface area contributed by atoms with Crippen molar-refractivity contribution >= 4 is 21.7 Å². The number of benzene rings is 6. The van der Waals surface area contributed by atoms with Crippen LogP contribution in [0, 0.1) is 0 Å². The van der Waals surface area contributed by atoms with Gasteiger partial charge in [-0.25, -0.2) is 0 Å². The Morgan fingerprint density at radius 2 is 0.795 bits per heavy atom. The summed E-state index contributed by atoms with van der Waals surface area (Å²) in [7, 11) is 0. The number of hydrogen-bond acceptors (Lipinski definition) is 1. The summed E-state index contributed by atoms with van der Waals surface area (Å²) in [6, 6.07) is 51.9. The van der Waals surface area contributed by atoms with E-state index in [1.807, 2.05) is 65.2 Å². The molecule has 0 saturated heterocycles. The average Bonchev–Trinajstić information content (AvgIpc) is 3.02. The van der Waals surface area contributed by atoms with Crippen molar-refractivity contribution in [3.8, 4) is 39.1 Å². The van der Waals surface area contributed by atoms with E-state index in [0.717, 1.165) is 55.4 Å². The molecule has 39 heavy (non-hydrogen) atoms. The van der Waals surface area contributed by atoms with E-state index in [2.05, 4.69) is 91.0 Å². The molecule has 0 saturated carbocycles. The molecule has 0 fully saturated rings. The van der Waals surface area contributed by atoms with E-state index in [4.69, 9.17) is 0 Å². The Bertz CT molecular complexity index is 1990. The summed E-state index contributed by atoms with van der Waals surface area (Å²) in [4.78, 5) is 14.1. The van der Waals surface area contributed by atoms with E-state index >= 15 is 0 Å². The van der Waals surface area contributed by atoms with Crippen LogP contribution in [0.4, 0.5) is 0 Å². The van der Waals surface area contributed by atoms with Gasteiger partial charge in [0.25, 0.3) is 5.56 Å². The number of nitrogens with zero attached hydrogens (tertiary/aromatic N) is 1. The van der Waals surface area contributed by atoms with Gasteiger partial charge < -0.3 is 0 Å². The van der Waals surface area contributed by atoms with Gasteiger partial charge in [0, 0.05) is 16.5 Å². The van der Waals surface area contributed by atoms with E-state index in [0.29, 0.717) is 5.39 Å². The van der Waals surface area contributed by atoms with Crippen LogP contribution in [0.2, 0.25) is 0 Å². The Morgan fingerprint density at radius 3 is 1.36 bits per heavy atom. The second-order valence-electron chi connectivity index (χ2n) is 9.78. The fraction of sp³-hybridized carbons (Fsp3) is 0. The fourth-order valence-corrected chi connectivity index (χ4v) is 5.44. The molecule has 0 unspecified atom stereocenters. The van der Waals surface area contributed by atoms with Gasteiger partial charge in [0.05, 0.1) is 5.52 Å². The van der Waals surface area contributed by atoms with Crippen LogP contribution in [0.3, 0.4) is 0 Å². The van der Waals surface area contributed by atoms with Crippen molar-refractivity contribution < 1.29 is 0 Å². The third-order valence-electron chi connectivity index (χ3n) is 7.43. The Balaban J connectivity index is 1.49. The maximum Gasteiger partial charge on any atom is 0.263 e. The summed E-state index contributed by atoms with van der Waals surface area (Å²) in [5.41, 5.74) is 8.51. The second kappa shape index (κ2) is 9.59. The van der Waals surface area contributed by atoms with Gasteiger partial charge in [-0.15, -0.1) is 0 Å². The molecule has 0 N–H and O–H groups in total. The van der Waals surface area contributed by atoms with Crippen LogP contribution in [-0.4, -0.2) is 4.57 Å². The largest absolute Gasteiger partial charge is 0.276 e. The van der Waals surface area contributed by atoms with Gasteiger partial charge in [-0.2, -0.15) is 0 Å². The zero-order valence-corrected chi connectivity index (χ0v) is 21.3. The molecule has 0 atom stereocenters. The van der Waals surface area contributed by atoms with Gasteiger partial charge in [0.15, 0.2) is 0 Å². The molecule has 1 aromatic heterocycles. The van der Waals surface area contributed by atoms with Crippen LogP contribution in [0.5, 0.6) is 0 Å².